The molecule has 1 saturated carbocycles. The summed E-state index contributed by atoms with van der Waals surface area (Å²) in [4.78, 5) is 12.4. The van der Waals surface area contributed by atoms with Gasteiger partial charge in [-0.25, -0.2) is 0 Å². The van der Waals surface area contributed by atoms with Crippen LogP contribution in [0, 0.1) is 0 Å². The van der Waals surface area contributed by atoms with Crippen molar-refractivity contribution in [2.75, 3.05) is 13.7 Å². The maximum absolute atomic E-state index is 12.4. The van der Waals surface area contributed by atoms with Gasteiger partial charge in [0, 0.05) is 19.2 Å². The van der Waals surface area contributed by atoms with Gasteiger partial charge in [-0.05, 0) is 31.4 Å². The standard InChI is InChI=1S/C15H19NO3/c1-18-13-8-14(16-9-13)15(17)10-3-2-4-12(7-10)19-11-5-6-11/h2-4,7,11,13-14,16H,5-6,8-9H2,1H3. The van der Waals surface area contributed by atoms with E-state index in [2.05, 4.69) is 5.32 Å². The van der Waals surface area contributed by atoms with E-state index in [1.54, 1.807) is 7.11 Å². The minimum atomic E-state index is -0.138. The number of carbonyl (C=O) groups is 1. The number of ether oxygens (including phenoxy) is 2. The van der Waals surface area contributed by atoms with Crippen molar-refractivity contribution < 1.29 is 14.3 Å². The Labute approximate surface area is 113 Å². The lowest BCUT2D eigenvalue weighted by Gasteiger charge is -2.11. The predicted molar refractivity (Wildman–Crippen MR) is 71.6 cm³/mol. The van der Waals surface area contributed by atoms with Crippen LogP contribution in [0.1, 0.15) is 29.6 Å². The summed E-state index contributed by atoms with van der Waals surface area (Å²) in [6, 6.07) is 7.36. The molecule has 0 spiro atoms. The second-order valence-electron chi connectivity index (χ2n) is 5.26. The Morgan fingerprint density at radius 3 is 2.84 bits per heavy atom. The molecule has 0 radical (unpaired) electrons. The Hall–Kier alpha value is -1.39. The van der Waals surface area contributed by atoms with Gasteiger partial charge in [-0.2, -0.15) is 0 Å². The van der Waals surface area contributed by atoms with E-state index >= 15 is 0 Å². The molecule has 0 aromatic heterocycles. The normalized spacial score (nSPS) is 26.4. The summed E-state index contributed by atoms with van der Waals surface area (Å²) in [5, 5.41) is 3.21. The maximum Gasteiger partial charge on any atom is 0.179 e. The van der Waals surface area contributed by atoms with Crippen molar-refractivity contribution in [1.29, 1.82) is 0 Å². The number of hydrogen-bond donors (Lipinski definition) is 1. The molecule has 2 unspecified atom stereocenters. The van der Waals surface area contributed by atoms with E-state index in [0.29, 0.717) is 11.7 Å². The van der Waals surface area contributed by atoms with Crippen molar-refractivity contribution in [2.24, 2.45) is 0 Å². The first-order valence-electron chi connectivity index (χ1n) is 6.83. The number of Topliss-reactive ketones (excluding diaryl/α,β-unsaturated/α-hetero) is 1. The lowest BCUT2D eigenvalue weighted by atomic mass is 10.0. The maximum atomic E-state index is 12.4. The molecule has 1 N–H and O–H groups in total. The van der Waals surface area contributed by atoms with Gasteiger partial charge in [0.05, 0.1) is 18.2 Å². The average molecular weight is 261 g/mol. The fourth-order valence-electron chi connectivity index (χ4n) is 2.38. The third-order valence-electron chi connectivity index (χ3n) is 3.69. The highest BCUT2D eigenvalue weighted by Crippen LogP contribution is 2.27. The van der Waals surface area contributed by atoms with E-state index in [0.717, 1.165) is 31.6 Å². The molecule has 102 valence electrons. The zero-order chi connectivity index (χ0) is 13.2. The highest BCUT2D eigenvalue weighted by Gasteiger charge is 2.30. The molecule has 0 amide bonds. The van der Waals surface area contributed by atoms with Gasteiger partial charge >= 0.3 is 0 Å². The number of ketones is 1. The van der Waals surface area contributed by atoms with E-state index < -0.39 is 0 Å². The molecular weight excluding hydrogens is 242 g/mol. The van der Waals surface area contributed by atoms with E-state index in [9.17, 15) is 4.79 Å². The van der Waals surface area contributed by atoms with Crippen molar-refractivity contribution in [2.45, 2.75) is 37.5 Å². The van der Waals surface area contributed by atoms with Crippen molar-refractivity contribution in [3.63, 3.8) is 0 Å². The average Bonchev–Trinajstić information content (AvgIpc) is 3.11. The van der Waals surface area contributed by atoms with Crippen molar-refractivity contribution in [3.05, 3.63) is 29.8 Å². The molecule has 2 aliphatic rings. The zero-order valence-electron chi connectivity index (χ0n) is 11.1. The summed E-state index contributed by atoms with van der Waals surface area (Å²) in [5.74, 6) is 0.926. The lowest BCUT2D eigenvalue weighted by molar-refractivity contribution is 0.0918. The van der Waals surface area contributed by atoms with Crippen LogP contribution in [0.25, 0.3) is 0 Å². The van der Waals surface area contributed by atoms with Gasteiger partial charge in [-0.3, -0.25) is 4.79 Å². The van der Waals surface area contributed by atoms with Crippen LogP contribution in [0.15, 0.2) is 24.3 Å². The van der Waals surface area contributed by atoms with Crippen LogP contribution < -0.4 is 10.1 Å². The lowest BCUT2D eigenvalue weighted by Crippen LogP contribution is -2.30. The van der Waals surface area contributed by atoms with Gasteiger partial charge < -0.3 is 14.8 Å². The Bertz CT molecular complexity index is 470. The highest BCUT2D eigenvalue weighted by atomic mass is 16.5. The third kappa shape index (κ3) is 2.96. The predicted octanol–water partition coefficient (Wildman–Crippen LogP) is 1.79. The smallest absolute Gasteiger partial charge is 0.179 e. The number of methoxy groups -OCH3 is 1. The van der Waals surface area contributed by atoms with Crippen LogP contribution in [0.3, 0.4) is 0 Å². The quantitative estimate of drug-likeness (QED) is 0.821. The second-order valence-corrected chi connectivity index (χ2v) is 5.26. The topological polar surface area (TPSA) is 47.6 Å². The van der Waals surface area contributed by atoms with E-state index in [1.807, 2.05) is 24.3 Å². The van der Waals surface area contributed by atoms with Crippen molar-refractivity contribution >= 4 is 5.78 Å². The van der Waals surface area contributed by atoms with Gasteiger partial charge in [-0.15, -0.1) is 0 Å². The monoisotopic (exact) mass is 261 g/mol. The van der Waals surface area contributed by atoms with Gasteiger partial charge in [0.2, 0.25) is 0 Å². The van der Waals surface area contributed by atoms with E-state index in [1.165, 1.54) is 0 Å². The third-order valence-corrected chi connectivity index (χ3v) is 3.69. The molecule has 19 heavy (non-hydrogen) atoms. The Morgan fingerprint density at radius 1 is 1.32 bits per heavy atom. The largest absolute Gasteiger partial charge is 0.490 e. The Morgan fingerprint density at radius 2 is 2.16 bits per heavy atom. The van der Waals surface area contributed by atoms with Crippen LogP contribution in [0.4, 0.5) is 0 Å². The molecule has 1 heterocycles. The molecule has 4 nitrogen and oxygen atoms in total. The molecule has 1 saturated heterocycles. The van der Waals surface area contributed by atoms with Crippen LogP contribution >= 0.6 is 0 Å². The van der Waals surface area contributed by atoms with Crippen LogP contribution in [-0.2, 0) is 4.74 Å². The summed E-state index contributed by atoms with van der Waals surface area (Å²) in [5.41, 5.74) is 0.715. The van der Waals surface area contributed by atoms with Crippen LogP contribution in [-0.4, -0.2) is 37.7 Å². The first kappa shape index (κ1) is 12.6. The molecule has 1 aromatic rings. The number of hydrogen-bond acceptors (Lipinski definition) is 4. The second kappa shape index (κ2) is 5.31. The number of nitrogens with one attached hydrogen (secondary N) is 1. The molecule has 2 atom stereocenters. The summed E-state index contributed by atoms with van der Waals surface area (Å²) in [6.07, 6.45) is 3.48. The summed E-state index contributed by atoms with van der Waals surface area (Å²) < 4.78 is 11.0. The van der Waals surface area contributed by atoms with Crippen molar-refractivity contribution in [1.82, 2.24) is 5.32 Å². The van der Waals surface area contributed by atoms with Gasteiger partial charge in [0.25, 0.3) is 0 Å². The fraction of sp³-hybridized carbons (Fsp3) is 0.533. The molecule has 1 aromatic carbocycles. The number of carbonyl (C=O) groups excluding carboxylic acids is 1. The van der Waals surface area contributed by atoms with Gasteiger partial charge in [-0.1, -0.05) is 12.1 Å². The molecule has 0 bridgehead atoms. The minimum Gasteiger partial charge on any atom is -0.490 e. The first-order chi connectivity index (χ1) is 9.26. The van der Waals surface area contributed by atoms with Crippen LogP contribution in [0.2, 0.25) is 0 Å². The molecular formula is C15H19NO3. The zero-order valence-corrected chi connectivity index (χ0v) is 11.1. The van der Waals surface area contributed by atoms with Crippen LogP contribution in [0.5, 0.6) is 5.75 Å². The number of benzene rings is 1. The highest BCUT2D eigenvalue weighted by molar-refractivity contribution is 6.00. The molecule has 1 aliphatic heterocycles. The first-order valence-corrected chi connectivity index (χ1v) is 6.83. The van der Waals surface area contributed by atoms with E-state index in [4.69, 9.17) is 9.47 Å². The molecule has 2 fully saturated rings. The molecule has 1 aliphatic carbocycles. The van der Waals surface area contributed by atoms with Gasteiger partial charge in [0.1, 0.15) is 5.75 Å². The summed E-state index contributed by atoms with van der Waals surface area (Å²) in [7, 11) is 1.68. The Kier molecular flexibility index (Phi) is 3.53. The van der Waals surface area contributed by atoms with E-state index in [-0.39, 0.29) is 17.9 Å². The SMILES string of the molecule is COC1CNC(C(=O)c2cccc(OC3CC3)c2)C1. The Balaban J connectivity index is 1.68. The number of rotatable bonds is 5. The summed E-state index contributed by atoms with van der Waals surface area (Å²) in [6.45, 7) is 0.741. The molecule has 4 heteroatoms. The van der Waals surface area contributed by atoms with Crippen molar-refractivity contribution in [3.8, 4) is 5.75 Å². The fourth-order valence-corrected chi connectivity index (χ4v) is 2.38. The molecule has 3 rings (SSSR count). The minimum absolute atomic E-state index is 0.126. The van der Waals surface area contributed by atoms with Gasteiger partial charge in [0.15, 0.2) is 5.78 Å². The summed E-state index contributed by atoms with van der Waals surface area (Å²) >= 11 is 0.